The Morgan fingerprint density at radius 3 is 2.73 bits per heavy atom. The molecule has 1 aromatic heterocycles. The lowest BCUT2D eigenvalue weighted by atomic mass is 9.92. The number of amides is 2. The van der Waals surface area contributed by atoms with E-state index in [2.05, 4.69) is 14.9 Å². The number of carbonyl (C=O) groups is 2. The number of hydrogen-bond donors (Lipinski definition) is 2. The minimum atomic E-state index is -0.324. The fraction of sp³-hybridized carbons (Fsp3) is 0.722. The fourth-order valence-corrected chi connectivity index (χ4v) is 5.05. The first-order valence-electron chi connectivity index (χ1n) is 9.46. The van der Waals surface area contributed by atoms with Gasteiger partial charge in [0.15, 0.2) is 5.16 Å². The smallest absolute Gasteiger partial charge is 0.231 e. The first-order valence-corrected chi connectivity index (χ1v) is 10.3. The number of imidazole rings is 1. The summed E-state index contributed by atoms with van der Waals surface area (Å²) in [5.74, 6) is -0.211. The molecule has 1 aromatic rings. The van der Waals surface area contributed by atoms with Gasteiger partial charge >= 0.3 is 0 Å². The molecule has 7 nitrogen and oxygen atoms in total. The van der Waals surface area contributed by atoms with E-state index in [9.17, 15) is 9.59 Å². The van der Waals surface area contributed by atoms with Gasteiger partial charge in [-0.3, -0.25) is 14.5 Å². The van der Waals surface area contributed by atoms with E-state index >= 15 is 0 Å². The van der Waals surface area contributed by atoms with Gasteiger partial charge in [-0.2, -0.15) is 0 Å². The SMILES string of the molecule is Cn1ccnc1SC1CCC(NC(=O)C2CCCN(CC(N)=O)C2)CC1. The second-order valence-electron chi connectivity index (χ2n) is 7.46. The van der Waals surface area contributed by atoms with Crippen LogP contribution >= 0.6 is 11.8 Å². The van der Waals surface area contributed by atoms with E-state index in [-0.39, 0.29) is 30.3 Å². The Labute approximate surface area is 159 Å². The Balaban J connectivity index is 1.41. The minimum absolute atomic E-state index is 0.0252. The molecule has 0 radical (unpaired) electrons. The Morgan fingerprint density at radius 2 is 2.08 bits per heavy atom. The Bertz CT molecular complexity index is 627. The van der Waals surface area contributed by atoms with E-state index in [4.69, 9.17) is 5.73 Å². The molecule has 1 atom stereocenters. The number of thioether (sulfide) groups is 1. The molecular weight excluding hydrogens is 350 g/mol. The van der Waals surface area contributed by atoms with Gasteiger partial charge in [0.25, 0.3) is 0 Å². The lowest BCUT2D eigenvalue weighted by Crippen LogP contribution is -2.48. The quantitative estimate of drug-likeness (QED) is 0.773. The van der Waals surface area contributed by atoms with Crippen LogP contribution in [0.2, 0.25) is 0 Å². The number of carbonyl (C=O) groups excluding carboxylic acids is 2. The molecule has 3 N–H and O–H groups in total. The lowest BCUT2D eigenvalue weighted by molar-refractivity contribution is -0.129. The molecule has 0 aromatic carbocycles. The molecular formula is C18H29N5O2S. The molecule has 2 amide bonds. The molecule has 1 saturated heterocycles. The third-order valence-corrected chi connectivity index (χ3v) is 6.73. The number of likely N-dealkylation sites (tertiary alicyclic amines) is 1. The summed E-state index contributed by atoms with van der Waals surface area (Å²) in [6.45, 7) is 1.74. The summed E-state index contributed by atoms with van der Waals surface area (Å²) in [4.78, 5) is 30.1. The van der Waals surface area contributed by atoms with Crippen LogP contribution in [0.1, 0.15) is 38.5 Å². The maximum absolute atomic E-state index is 12.6. The topological polar surface area (TPSA) is 93.2 Å². The summed E-state index contributed by atoms with van der Waals surface area (Å²) in [7, 11) is 2.02. The van der Waals surface area contributed by atoms with Crippen molar-refractivity contribution in [1.82, 2.24) is 19.8 Å². The van der Waals surface area contributed by atoms with Crippen LogP contribution in [0, 0.1) is 5.92 Å². The zero-order valence-electron chi connectivity index (χ0n) is 15.4. The van der Waals surface area contributed by atoms with Gasteiger partial charge < -0.3 is 15.6 Å². The van der Waals surface area contributed by atoms with Gasteiger partial charge in [0.2, 0.25) is 11.8 Å². The highest BCUT2D eigenvalue weighted by atomic mass is 32.2. The first kappa shape index (κ1) is 19.2. The number of piperidine rings is 1. The third-order valence-electron chi connectivity index (χ3n) is 5.33. The van der Waals surface area contributed by atoms with E-state index in [0.717, 1.165) is 50.2 Å². The van der Waals surface area contributed by atoms with E-state index in [0.29, 0.717) is 11.8 Å². The molecule has 1 unspecified atom stereocenters. The molecule has 0 bridgehead atoms. The van der Waals surface area contributed by atoms with Crippen molar-refractivity contribution in [3.8, 4) is 0 Å². The molecule has 0 spiro atoms. The summed E-state index contributed by atoms with van der Waals surface area (Å²) >= 11 is 1.84. The van der Waals surface area contributed by atoms with Crippen LogP contribution in [0.25, 0.3) is 0 Å². The number of aromatic nitrogens is 2. The molecule has 26 heavy (non-hydrogen) atoms. The van der Waals surface area contributed by atoms with Crippen molar-refractivity contribution in [3.63, 3.8) is 0 Å². The standard InChI is InChI=1S/C18H29N5O2S/c1-22-10-8-20-18(22)26-15-6-4-14(5-7-15)21-17(25)13-3-2-9-23(11-13)12-16(19)24/h8,10,13-15H,2-7,9,11-12H2,1H3,(H2,19,24)(H,21,25). The van der Waals surface area contributed by atoms with Crippen molar-refractivity contribution in [2.24, 2.45) is 18.7 Å². The van der Waals surface area contributed by atoms with Crippen molar-refractivity contribution in [1.29, 1.82) is 0 Å². The maximum Gasteiger partial charge on any atom is 0.231 e. The van der Waals surface area contributed by atoms with Gasteiger partial charge in [-0.25, -0.2) is 4.98 Å². The normalized spacial score (nSPS) is 27.2. The molecule has 1 aliphatic heterocycles. The predicted octanol–water partition coefficient (Wildman–Crippen LogP) is 1.14. The molecule has 2 fully saturated rings. The van der Waals surface area contributed by atoms with E-state index < -0.39 is 0 Å². The van der Waals surface area contributed by atoms with Crippen LogP contribution in [-0.4, -0.2) is 57.2 Å². The largest absolute Gasteiger partial charge is 0.369 e. The fourth-order valence-electron chi connectivity index (χ4n) is 3.89. The number of hydrogen-bond acceptors (Lipinski definition) is 5. The molecule has 8 heteroatoms. The summed E-state index contributed by atoms with van der Waals surface area (Å²) in [5, 5.41) is 4.88. The summed E-state index contributed by atoms with van der Waals surface area (Å²) in [5.41, 5.74) is 5.28. The van der Waals surface area contributed by atoms with Crippen LogP contribution in [0.4, 0.5) is 0 Å². The number of aryl methyl sites for hydroxylation is 1. The van der Waals surface area contributed by atoms with Gasteiger partial charge in [0.05, 0.1) is 12.5 Å². The number of nitrogens with two attached hydrogens (primary N) is 1. The lowest BCUT2D eigenvalue weighted by Gasteiger charge is -2.33. The number of rotatable bonds is 6. The summed E-state index contributed by atoms with van der Waals surface area (Å²) < 4.78 is 2.06. The molecule has 2 heterocycles. The molecule has 2 aliphatic rings. The van der Waals surface area contributed by atoms with Crippen LogP contribution in [0.5, 0.6) is 0 Å². The number of primary amides is 1. The van der Waals surface area contributed by atoms with E-state index in [1.165, 1.54) is 0 Å². The van der Waals surface area contributed by atoms with Gasteiger partial charge in [0.1, 0.15) is 0 Å². The third kappa shape index (κ3) is 5.23. The highest BCUT2D eigenvalue weighted by Gasteiger charge is 2.29. The monoisotopic (exact) mass is 379 g/mol. The molecule has 3 rings (SSSR count). The van der Waals surface area contributed by atoms with Gasteiger partial charge in [0, 0.05) is 37.3 Å². The number of nitrogens with one attached hydrogen (secondary N) is 1. The second kappa shape index (κ2) is 8.90. The van der Waals surface area contributed by atoms with Crippen molar-refractivity contribution in [3.05, 3.63) is 12.4 Å². The highest BCUT2D eigenvalue weighted by Crippen LogP contribution is 2.32. The van der Waals surface area contributed by atoms with Gasteiger partial charge in [-0.05, 0) is 45.1 Å². The zero-order chi connectivity index (χ0) is 18.5. The van der Waals surface area contributed by atoms with Crippen molar-refractivity contribution in [2.45, 2.75) is 55.0 Å². The van der Waals surface area contributed by atoms with Gasteiger partial charge in [-0.1, -0.05) is 11.8 Å². The average Bonchev–Trinajstić information content (AvgIpc) is 3.01. The van der Waals surface area contributed by atoms with Crippen LogP contribution in [0.15, 0.2) is 17.6 Å². The summed E-state index contributed by atoms with van der Waals surface area (Å²) in [6.07, 6.45) is 9.88. The van der Waals surface area contributed by atoms with E-state index in [1.807, 2.05) is 36.1 Å². The Morgan fingerprint density at radius 1 is 1.31 bits per heavy atom. The van der Waals surface area contributed by atoms with Crippen molar-refractivity contribution < 1.29 is 9.59 Å². The predicted molar refractivity (Wildman–Crippen MR) is 102 cm³/mol. The molecule has 144 valence electrons. The van der Waals surface area contributed by atoms with Crippen LogP contribution in [-0.2, 0) is 16.6 Å². The van der Waals surface area contributed by atoms with Crippen molar-refractivity contribution in [2.75, 3.05) is 19.6 Å². The first-order chi connectivity index (χ1) is 12.5. The van der Waals surface area contributed by atoms with E-state index in [1.54, 1.807) is 0 Å². The number of nitrogens with zero attached hydrogens (tertiary/aromatic N) is 3. The highest BCUT2D eigenvalue weighted by molar-refractivity contribution is 7.99. The molecule has 1 saturated carbocycles. The van der Waals surface area contributed by atoms with Crippen molar-refractivity contribution >= 4 is 23.6 Å². The minimum Gasteiger partial charge on any atom is -0.369 e. The Hall–Kier alpha value is -1.54. The van der Waals surface area contributed by atoms with Gasteiger partial charge in [-0.15, -0.1) is 0 Å². The van der Waals surface area contributed by atoms with Crippen LogP contribution in [0.3, 0.4) is 0 Å². The maximum atomic E-state index is 12.6. The molecule has 1 aliphatic carbocycles. The zero-order valence-corrected chi connectivity index (χ0v) is 16.2. The Kier molecular flexibility index (Phi) is 6.58. The second-order valence-corrected chi connectivity index (χ2v) is 8.73. The van der Waals surface area contributed by atoms with Crippen LogP contribution < -0.4 is 11.1 Å². The average molecular weight is 380 g/mol. The summed E-state index contributed by atoms with van der Waals surface area (Å²) in [6, 6.07) is 0.271.